The molecule has 1 N–H and O–H groups in total. The van der Waals surface area contributed by atoms with E-state index < -0.39 is 0 Å². The molecule has 1 aromatic heterocycles. The molecule has 0 saturated carbocycles. The molecule has 4 nitrogen and oxygen atoms in total. The van der Waals surface area contributed by atoms with Gasteiger partial charge in [0.2, 0.25) is 0 Å². The number of carbonyl (C=O) groups excluding carboxylic acids is 1. The molecule has 6 heteroatoms. The van der Waals surface area contributed by atoms with Crippen LogP contribution in [0.4, 0.5) is 5.69 Å². The van der Waals surface area contributed by atoms with Gasteiger partial charge in [0.15, 0.2) is 5.69 Å². The Hall–Kier alpha value is -1.40. The lowest BCUT2D eigenvalue weighted by atomic mass is 10.3. The van der Waals surface area contributed by atoms with E-state index in [1.807, 2.05) is 36.6 Å². The van der Waals surface area contributed by atoms with E-state index in [-0.39, 0.29) is 5.91 Å². The van der Waals surface area contributed by atoms with Crippen molar-refractivity contribution >= 4 is 34.9 Å². The molecule has 0 radical (unpaired) electrons. The summed E-state index contributed by atoms with van der Waals surface area (Å²) < 4.78 is 4.59. The highest BCUT2D eigenvalue weighted by molar-refractivity contribution is 8.00. The Morgan fingerprint density at radius 1 is 1.38 bits per heavy atom. The van der Waals surface area contributed by atoms with Crippen LogP contribution in [0.1, 0.15) is 10.5 Å². The zero-order valence-corrected chi connectivity index (χ0v) is 10.1. The van der Waals surface area contributed by atoms with E-state index >= 15 is 0 Å². The fourth-order valence-corrected chi connectivity index (χ4v) is 2.31. The monoisotopic (exact) mass is 251 g/mol. The molecule has 82 valence electrons. The van der Waals surface area contributed by atoms with Crippen LogP contribution < -0.4 is 5.32 Å². The molecule has 0 atom stereocenters. The molecule has 0 aliphatic heterocycles. The second-order valence-corrected chi connectivity index (χ2v) is 4.76. The molecule has 0 saturated heterocycles. The van der Waals surface area contributed by atoms with E-state index in [9.17, 15) is 4.79 Å². The number of nitrogens with one attached hydrogen (secondary N) is 1. The van der Waals surface area contributed by atoms with Crippen LogP contribution in [-0.4, -0.2) is 21.7 Å². The highest BCUT2D eigenvalue weighted by Crippen LogP contribution is 2.22. The van der Waals surface area contributed by atoms with Gasteiger partial charge in [-0.2, -0.15) is 0 Å². The van der Waals surface area contributed by atoms with Crippen LogP contribution in [0.5, 0.6) is 0 Å². The molecule has 0 bridgehead atoms. The number of anilines is 1. The Labute approximate surface area is 101 Å². The average Bonchev–Trinajstić information content (AvgIpc) is 2.78. The van der Waals surface area contributed by atoms with Gasteiger partial charge < -0.3 is 5.32 Å². The van der Waals surface area contributed by atoms with Crippen molar-refractivity contribution < 1.29 is 4.79 Å². The van der Waals surface area contributed by atoms with Crippen LogP contribution in [0.25, 0.3) is 0 Å². The van der Waals surface area contributed by atoms with Gasteiger partial charge in [0.05, 0.1) is 0 Å². The maximum Gasteiger partial charge on any atom is 0.278 e. The first-order valence-corrected chi connectivity index (χ1v) is 6.54. The first kappa shape index (κ1) is 11.1. The fourth-order valence-electron chi connectivity index (χ4n) is 1.17. The van der Waals surface area contributed by atoms with Crippen molar-refractivity contribution in [3.63, 3.8) is 0 Å². The summed E-state index contributed by atoms with van der Waals surface area (Å²) in [5.74, 6) is -0.218. The molecule has 0 fully saturated rings. The zero-order valence-electron chi connectivity index (χ0n) is 8.51. The summed E-state index contributed by atoms with van der Waals surface area (Å²) >= 11 is 2.70. The number of thioether (sulfide) groups is 1. The van der Waals surface area contributed by atoms with Crippen molar-refractivity contribution in [3.8, 4) is 0 Å². The standard InChI is InChI=1S/C10H9N3OS2/c1-15-10-8(12-13-16-10)9(14)11-7-5-3-2-4-6-7/h2-6H,1H3,(H,11,14). The van der Waals surface area contributed by atoms with Crippen LogP contribution in [0.2, 0.25) is 0 Å². The van der Waals surface area contributed by atoms with Gasteiger partial charge in [-0.3, -0.25) is 4.79 Å². The summed E-state index contributed by atoms with van der Waals surface area (Å²) in [6, 6.07) is 9.29. The van der Waals surface area contributed by atoms with E-state index in [0.29, 0.717) is 5.69 Å². The predicted molar refractivity (Wildman–Crippen MR) is 66.1 cm³/mol. The first-order chi connectivity index (χ1) is 7.81. The normalized spacial score (nSPS) is 10.1. The highest BCUT2D eigenvalue weighted by Gasteiger charge is 2.15. The maximum absolute atomic E-state index is 11.8. The van der Waals surface area contributed by atoms with Gasteiger partial charge in [-0.25, -0.2) is 0 Å². The topological polar surface area (TPSA) is 54.9 Å². The van der Waals surface area contributed by atoms with Gasteiger partial charge >= 0.3 is 0 Å². The van der Waals surface area contributed by atoms with E-state index in [4.69, 9.17) is 0 Å². The van der Waals surface area contributed by atoms with Crippen molar-refractivity contribution in [1.82, 2.24) is 9.59 Å². The molecular formula is C10H9N3OS2. The van der Waals surface area contributed by atoms with Crippen LogP contribution in [-0.2, 0) is 0 Å². The molecule has 1 amide bonds. The Morgan fingerprint density at radius 2 is 2.12 bits per heavy atom. The van der Waals surface area contributed by atoms with Gasteiger partial charge in [0, 0.05) is 5.69 Å². The van der Waals surface area contributed by atoms with E-state index in [1.165, 1.54) is 23.3 Å². The van der Waals surface area contributed by atoms with Crippen LogP contribution in [0, 0.1) is 0 Å². The number of benzene rings is 1. The number of aromatic nitrogens is 2. The van der Waals surface area contributed by atoms with Crippen LogP contribution in [0.3, 0.4) is 0 Å². The Balaban J connectivity index is 2.15. The van der Waals surface area contributed by atoms with E-state index in [2.05, 4.69) is 14.9 Å². The fraction of sp³-hybridized carbons (Fsp3) is 0.100. The average molecular weight is 251 g/mol. The summed E-state index contributed by atoms with van der Waals surface area (Å²) in [5.41, 5.74) is 1.15. The first-order valence-electron chi connectivity index (χ1n) is 4.54. The summed E-state index contributed by atoms with van der Waals surface area (Å²) in [5, 5.41) is 6.59. The summed E-state index contributed by atoms with van der Waals surface area (Å²) in [7, 11) is 0. The lowest BCUT2D eigenvalue weighted by Crippen LogP contribution is -2.13. The number of hydrogen-bond acceptors (Lipinski definition) is 5. The van der Waals surface area contributed by atoms with Crippen molar-refractivity contribution in [2.45, 2.75) is 4.21 Å². The van der Waals surface area contributed by atoms with Crippen molar-refractivity contribution in [3.05, 3.63) is 36.0 Å². The largest absolute Gasteiger partial charge is 0.321 e. The van der Waals surface area contributed by atoms with E-state index in [1.54, 1.807) is 0 Å². The second-order valence-electron chi connectivity index (χ2n) is 2.93. The molecular weight excluding hydrogens is 242 g/mol. The Morgan fingerprint density at radius 3 is 2.81 bits per heavy atom. The second kappa shape index (κ2) is 5.09. The number of hydrogen-bond donors (Lipinski definition) is 1. The third kappa shape index (κ3) is 2.40. The van der Waals surface area contributed by atoms with Gasteiger partial charge in [-0.15, -0.1) is 16.9 Å². The van der Waals surface area contributed by atoms with Crippen LogP contribution in [0.15, 0.2) is 34.5 Å². The molecule has 1 aromatic carbocycles. The third-order valence-electron chi connectivity index (χ3n) is 1.89. The molecule has 1 heterocycles. The SMILES string of the molecule is CSc1snnc1C(=O)Nc1ccccc1. The van der Waals surface area contributed by atoms with Crippen molar-refractivity contribution in [2.24, 2.45) is 0 Å². The number of rotatable bonds is 3. The maximum atomic E-state index is 11.8. The van der Waals surface area contributed by atoms with Crippen molar-refractivity contribution in [1.29, 1.82) is 0 Å². The molecule has 2 aromatic rings. The van der Waals surface area contributed by atoms with Crippen molar-refractivity contribution in [2.75, 3.05) is 11.6 Å². The molecule has 0 spiro atoms. The number of para-hydroxylation sites is 1. The Bertz CT molecular complexity index is 484. The smallest absolute Gasteiger partial charge is 0.278 e. The Kier molecular flexibility index (Phi) is 3.53. The summed E-state index contributed by atoms with van der Waals surface area (Å²) in [6.45, 7) is 0. The van der Waals surface area contributed by atoms with Crippen LogP contribution >= 0.6 is 23.3 Å². The predicted octanol–water partition coefficient (Wildman–Crippen LogP) is 2.51. The quantitative estimate of drug-likeness (QED) is 0.852. The van der Waals surface area contributed by atoms with Gasteiger partial charge in [0.25, 0.3) is 5.91 Å². The zero-order chi connectivity index (χ0) is 11.4. The summed E-state index contributed by atoms with van der Waals surface area (Å²) in [4.78, 5) is 11.8. The number of carbonyl (C=O) groups is 1. The van der Waals surface area contributed by atoms with Gasteiger partial charge in [-0.1, -0.05) is 22.7 Å². The number of nitrogens with zero attached hydrogens (tertiary/aromatic N) is 2. The summed E-state index contributed by atoms with van der Waals surface area (Å²) in [6.07, 6.45) is 1.90. The van der Waals surface area contributed by atoms with E-state index in [0.717, 1.165) is 9.90 Å². The van der Waals surface area contributed by atoms with Gasteiger partial charge in [-0.05, 0) is 29.9 Å². The molecule has 2 rings (SSSR count). The molecule has 0 unspecified atom stereocenters. The molecule has 0 aliphatic rings. The minimum absolute atomic E-state index is 0.218. The molecule has 0 aliphatic carbocycles. The lowest BCUT2D eigenvalue weighted by molar-refractivity contribution is 0.101. The highest BCUT2D eigenvalue weighted by atomic mass is 32.2. The third-order valence-corrected chi connectivity index (χ3v) is 3.70. The minimum atomic E-state index is -0.218. The molecule has 16 heavy (non-hydrogen) atoms. The lowest BCUT2D eigenvalue weighted by Gasteiger charge is -2.02. The van der Waals surface area contributed by atoms with Gasteiger partial charge in [0.1, 0.15) is 4.21 Å². The number of amides is 1. The minimum Gasteiger partial charge on any atom is -0.321 e.